The van der Waals surface area contributed by atoms with E-state index in [2.05, 4.69) is 27.7 Å². The number of nitrogens with one attached hydrogen (secondary N) is 2. The van der Waals surface area contributed by atoms with E-state index in [1.807, 2.05) is 48.5 Å². The molecule has 0 aromatic heterocycles. The van der Waals surface area contributed by atoms with Gasteiger partial charge in [0.25, 0.3) is 0 Å². The first-order valence-corrected chi connectivity index (χ1v) is 17.7. The number of nitrogens with zero attached hydrogens (tertiary/aromatic N) is 1. The number of benzene rings is 3. The summed E-state index contributed by atoms with van der Waals surface area (Å²) < 4.78 is 13.1. The molecule has 48 heavy (non-hydrogen) atoms. The van der Waals surface area contributed by atoms with Crippen molar-refractivity contribution in [3.05, 3.63) is 95.1 Å². The fraction of sp³-hybridized carbons (Fsp3) is 0.487. The molecule has 2 amide bonds. The maximum absolute atomic E-state index is 12.5. The highest BCUT2D eigenvalue weighted by atomic mass is 16.7. The van der Waals surface area contributed by atoms with Crippen LogP contribution in [0.15, 0.2) is 72.8 Å². The van der Waals surface area contributed by atoms with E-state index >= 15 is 0 Å². The zero-order valence-electron chi connectivity index (χ0n) is 28.1. The third-order valence-corrected chi connectivity index (χ3v) is 9.31. The van der Waals surface area contributed by atoms with Crippen LogP contribution in [-0.2, 0) is 32.2 Å². The van der Waals surface area contributed by atoms with E-state index in [1.165, 1.54) is 32.1 Å². The average Bonchev–Trinajstić information content (AvgIpc) is 3.09. The largest absolute Gasteiger partial charge is 0.397 e. The number of hydrogen-bond donors (Lipinski definition) is 4. The molecule has 2 saturated heterocycles. The molecule has 0 radical (unpaired) electrons. The Kier molecular flexibility index (Phi) is 13.8. The number of aliphatic hydroxyl groups excluding tert-OH is 1. The van der Waals surface area contributed by atoms with Gasteiger partial charge in [-0.15, -0.1) is 0 Å². The number of carbonyl (C=O) groups is 2. The number of rotatable bonds is 14. The van der Waals surface area contributed by atoms with E-state index in [1.54, 1.807) is 12.1 Å². The minimum Gasteiger partial charge on any atom is -0.397 e. The van der Waals surface area contributed by atoms with Crippen molar-refractivity contribution in [1.29, 1.82) is 0 Å². The quantitative estimate of drug-likeness (QED) is 0.111. The van der Waals surface area contributed by atoms with Crippen LogP contribution in [0.3, 0.4) is 0 Å². The molecule has 2 aliphatic rings. The van der Waals surface area contributed by atoms with Gasteiger partial charge in [-0.1, -0.05) is 86.3 Å². The third-order valence-electron chi connectivity index (χ3n) is 9.31. The number of nitrogen functional groups attached to an aromatic ring is 1. The number of para-hydroxylation sites is 2. The van der Waals surface area contributed by atoms with Gasteiger partial charge in [0.2, 0.25) is 11.8 Å². The lowest BCUT2D eigenvalue weighted by atomic mass is 9.99. The van der Waals surface area contributed by atoms with Gasteiger partial charge in [0.15, 0.2) is 6.29 Å². The number of anilines is 2. The number of likely N-dealkylation sites (tertiary alicyclic amines) is 1. The lowest BCUT2D eigenvalue weighted by molar-refractivity contribution is -0.253. The molecule has 5 rings (SSSR count). The summed E-state index contributed by atoms with van der Waals surface area (Å²) in [5.41, 5.74) is 11.0. The summed E-state index contributed by atoms with van der Waals surface area (Å²) in [7, 11) is 0. The summed E-state index contributed by atoms with van der Waals surface area (Å²) in [4.78, 5) is 27.3. The van der Waals surface area contributed by atoms with Crippen LogP contribution in [0.5, 0.6) is 0 Å². The van der Waals surface area contributed by atoms with Crippen LogP contribution >= 0.6 is 0 Å². The third kappa shape index (κ3) is 11.2. The first-order chi connectivity index (χ1) is 23.5. The Balaban J connectivity index is 1.08. The molecule has 5 N–H and O–H groups in total. The molecular weight excluding hydrogens is 604 g/mol. The van der Waals surface area contributed by atoms with Gasteiger partial charge in [-0.25, -0.2) is 0 Å². The summed E-state index contributed by atoms with van der Waals surface area (Å²) >= 11 is 0. The van der Waals surface area contributed by atoms with Crippen LogP contribution in [0.4, 0.5) is 11.4 Å². The molecule has 2 heterocycles. The number of nitrogens with two attached hydrogens (primary N) is 1. The molecule has 3 aromatic carbocycles. The van der Waals surface area contributed by atoms with Gasteiger partial charge in [-0.2, -0.15) is 0 Å². The second kappa shape index (κ2) is 18.7. The maximum Gasteiger partial charge on any atom is 0.224 e. The van der Waals surface area contributed by atoms with Gasteiger partial charge in [0.05, 0.1) is 30.2 Å². The zero-order chi connectivity index (χ0) is 33.6. The Labute approximate surface area is 285 Å². The Bertz CT molecular complexity index is 1420. The van der Waals surface area contributed by atoms with Crippen molar-refractivity contribution in [1.82, 2.24) is 10.2 Å². The normalized spacial score (nSPS) is 20.4. The molecule has 0 bridgehead atoms. The second-order valence-corrected chi connectivity index (χ2v) is 13.1. The van der Waals surface area contributed by atoms with E-state index < -0.39 is 6.29 Å². The monoisotopic (exact) mass is 656 g/mol. The first kappa shape index (κ1) is 35.5. The smallest absolute Gasteiger partial charge is 0.224 e. The second-order valence-electron chi connectivity index (χ2n) is 13.1. The minimum absolute atomic E-state index is 0.00153. The Hall–Kier alpha value is -3.76. The SMILES string of the molecule is Nc1ccccc1NC(=O)CCCCCC(=O)NCc1ccc(C2OC(CN3CCCCCCC3)CC(c3ccc(CO)cc3)O2)cc1. The van der Waals surface area contributed by atoms with E-state index in [-0.39, 0.29) is 30.6 Å². The van der Waals surface area contributed by atoms with Crippen LogP contribution in [0.1, 0.15) is 105 Å². The molecule has 3 unspecified atom stereocenters. The average molecular weight is 657 g/mol. The molecule has 2 aliphatic heterocycles. The van der Waals surface area contributed by atoms with Crippen LogP contribution in [0.2, 0.25) is 0 Å². The van der Waals surface area contributed by atoms with Crippen LogP contribution < -0.4 is 16.4 Å². The number of carbonyl (C=O) groups excluding carboxylic acids is 2. The Morgan fingerprint density at radius 3 is 2.12 bits per heavy atom. The van der Waals surface area contributed by atoms with Gasteiger partial charge >= 0.3 is 0 Å². The maximum atomic E-state index is 12.5. The summed E-state index contributed by atoms with van der Waals surface area (Å²) in [6, 6.07) is 23.3. The van der Waals surface area contributed by atoms with Crippen LogP contribution in [0.25, 0.3) is 0 Å². The topological polar surface area (TPSA) is 126 Å². The van der Waals surface area contributed by atoms with Crippen molar-refractivity contribution in [3.8, 4) is 0 Å². The van der Waals surface area contributed by atoms with Crippen LogP contribution in [0, 0.1) is 0 Å². The van der Waals surface area contributed by atoms with Crippen molar-refractivity contribution >= 4 is 23.2 Å². The molecule has 2 fully saturated rings. The predicted molar refractivity (Wildman–Crippen MR) is 189 cm³/mol. The Morgan fingerprint density at radius 1 is 0.771 bits per heavy atom. The first-order valence-electron chi connectivity index (χ1n) is 17.7. The van der Waals surface area contributed by atoms with E-state index in [9.17, 15) is 14.7 Å². The zero-order valence-corrected chi connectivity index (χ0v) is 28.1. The van der Waals surface area contributed by atoms with Crippen molar-refractivity contribution in [2.45, 2.75) is 102 Å². The Morgan fingerprint density at radius 2 is 1.42 bits per heavy atom. The van der Waals surface area contributed by atoms with Gasteiger partial charge in [0, 0.05) is 37.9 Å². The van der Waals surface area contributed by atoms with Crippen LogP contribution in [-0.4, -0.2) is 47.6 Å². The lowest BCUT2D eigenvalue weighted by Crippen LogP contribution is -2.40. The van der Waals surface area contributed by atoms with E-state index in [4.69, 9.17) is 15.2 Å². The highest BCUT2D eigenvalue weighted by molar-refractivity contribution is 5.93. The number of unbranched alkanes of at least 4 members (excludes halogenated alkanes) is 2. The van der Waals surface area contributed by atoms with E-state index in [0.29, 0.717) is 37.2 Å². The minimum atomic E-state index is -0.489. The highest BCUT2D eigenvalue weighted by Crippen LogP contribution is 2.38. The molecular formula is C39H52N4O5. The van der Waals surface area contributed by atoms with E-state index in [0.717, 1.165) is 61.2 Å². The van der Waals surface area contributed by atoms with Crippen molar-refractivity contribution in [3.63, 3.8) is 0 Å². The summed E-state index contributed by atoms with van der Waals surface area (Å²) in [6.45, 7) is 3.59. The predicted octanol–water partition coefficient (Wildman–Crippen LogP) is 6.78. The fourth-order valence-corrected chi connectivity index (χ4v) is 6.47. The van der Waals surface area contributed by atoms with Gasteiger partial charge in [0.1, 0.15) is 0 Å². The van der Waals surface area contributed by atoms with Crippen molar-refractivity contribution in [2.75, 3.05) is 30.7 Å². The number of amides is 2. The summed E-state index contributed by atoms with van der Waals surface area (Å²) in [6.07, 6.45) is 9.70. The molecule has 0 spiro atoms. The number of aliphatic hydroxyl groups is 1. The van der Waals surface area contributed by atoms with Gasteiger partial charge < -0.3 is 35.8 Å². The molecule has 9 nitrogen and oxygen atoms in total. The lowest BCUT2D eigenvalue weighted by Gasteiger charge is -2.38. The number of hydrogen-bond acceptors (Lipinski definition) is 7. The molecule has 3 aromatic rings. The van der Waals surface area contributed by atoms with Crippen molar-refractivity contribution in [2.24, 2.45) is 0 Å². The molecule has 258 valence electrons. The van der Waals surface area contributed by atoms with Crippen molar-refractivity contribution < 1.29 is 24.2 Å². The fourth-order valence-electron chi connectivity index (χ4n) is 6.47. The summed E-state index contributed by atoms with van der Waals surface area (Å²) in [5, 5.41) is 15.4. The molecule has 3 atom stereocenters. The number of ether oxygens (including phenoxy) is 2. The van der Waals surface area contributed by atoms with Gasteiger partial charge in [-0.3, -0.25) is 9.59 Å². The van der Waals surface area contributed by atoms with Gasteiger partial charge in [-0.05, 0) is 67.6 Å². The molecule has 0 saturated carbocycles. The highest BCUT2D eigenvalue weighted by Gasteiger charge is 2.33. The standard InChI is InChI=1S/C39H52N4O5/c40-34-11-7-8-12-35(34)42-38(46)14-6-4-5-13-37(45)41-26-29-15-21-32(22-16-29)39-47-33(27-43-23-9-2-1-3-10-24-43)25-36(48-39)31-19-17-30(28-44)18-20-31/h7-8,11-12,15-22,33,36,39,44H,1-6,9-10,13-14,23-28,40H2,(H,41,45)(H,42,46). The summed E-state index contributed by atoms with van der Waals surface area (Å²) in [5.74, 6) is -0.0676. The molecule has 0 aliphatic carbocycles. The molecule has 9 heteroatoms.